The van der Waals surface area contributed by atoms with Gasteiger partial charge in [-0.2, -0.15) is 0 Å². The molecule has 0 bridgehead atoms. The number of nitrogens with zero attached hydrogens (tertiary/aromatic N) is 3. The Morgan fingerprint density at radius 2 is 0.881 bits per heavy atom. The molecule has 13 aromatic rings. The molecule has 0 aliphatic carbocycles. The summed E-state index contributed by atoms with van der Waals surface area (Å²) in [6.45, 7) is -0.0680. The third-order valence-corrected chi connectivity index (χ3v) is 16.3. The van der Waals surface area contributed by atoms with E-state index in [1.165, 1.54) is 68.1 Å². The Labute approximate surface area is 394 Å². The van der Waals surface area contributed by atoms with Crippen molar-refractivity contribution >= 4 is 159 Å². The van der Waals surface area contributed by atoms with Crippen molar-refractivity contribution in [3.63, 3.8) is 0 Å². The molecule has 15 rings (SSSR count). The van der Waals surface area contributed by atoms with Crippen molar-refractivity contribution in [3.05, 3.63) is 218 Å². The predicted molar refractivity (Wildman–Crippen MR) is 288 cm³/mol. The van der Waals surface area contributed by atoms with E-state index in [1.807, 2.05) is 22.7 Å². The van der Waals surface area contributed by atoms with Crippen LogP contribution in [0.2, 0.25) is 0 Å². The number of thiophene rings is 2. The first-order chi connectivity index (χ1) is 33.3. The molecular formula is C60H36BN3OS2. The average molecular weight is 890 g/mol. The first-order valence-corrected chi connectivity index (χ1v) is 24.4. The zero-order valence-corrected chi connectivity index (χ0v) is 37.6. The summed E-state index contributed by atoms with van der Waals surface area (Å²) in [6, 6.07) is 80.3. The van der Waals surface area contributed by atoms with Gasteiger partial charge in [0.1, 0.15) is 11.2 Å². The normalized spacial score (nSPS) is 13.0. The Morgan fingerprint density at radius 1 is 0.388 bits per heavy atom. The number of hydrogen-bond donors (Lipinski definition) is 0. The van der Waals surface area contributed by atoms with Gasteiger partial charge in [-0.1, -0.05) is 127 Å². The Kier molecular flexibility index (Phi) is 7.88. The van der Waals surface area contributed by atoms with E-state index in [0.29, 0.717) is 0 Å². The number of hydrogen-bond acceptors (Lipinski definition) is 6. The van der Waals surface area contributed by atoms with Crippen molar-refractivity contribution in [2.75, 3.05) is 14.7 Å². The molecule has 0 fully saturated rings. The Morgan fingerprint density at radius 3 is 1.46 bits per heavy atom. The molecule has 4 nitrogen and oxygen atoms in total. The summed E-state index contributed by atoms with van der Waals surface area (Å²) in [5, 5.41) is 7.33. The van der Waals surface area contributed by atoms with Gasteiger partial charge in [-0.15, -0.1) is 22.7 Å². The van der Waals surface area contributed by atoms with Crippen LogP contribution in [0.3, 0.4) is 0 Å². The van der Waals surface area contributed by atoms with E-state index in [2.05, 4.69) is 233 Å². The Balaban J connectivity index is 1.14. The van der Waals surface area contributed by atoms with Gasteiger partial charge >= 0.3 is 0 Å². The molecule has 0 spiro atoms. The molecule has 7 heteroatoms. The highest BCUT2D eigenvalue weighted by Crippen LogP contribution is 2.53. The molecule has 5 heterocycles. The lowest BCUT2D eigenvalue weighted by Crippen LogP contribution is -2.61. The van der Waals surface area contributed by atoms with E-state index in [-0.39, 0.29) is 6.71 Å². The second kappa shape index (κ2) is 14.2. The molecule has 0 radical (unpaired) electrons. The zero-order valence-electron chi connectivity index (χ0n) is 35.9. The quantitative estimate of drug-likeness (QED) is 0.161. The van der Waals surface area contributed by atoms with Crippen molar-refractivity contribution in [2.24, 2.45) is 0 Å². The lowest BCUT2D eigenvalue weighted by atomic mass is 9.33. The second-order valence-corrected chi connectivity index (χ2v) is 19.7. The molecule has 0 unspecified atom stereocenters. The lowest BCUT2D eigenvalue weighted by Gasteiger charge is -2.45. The van der Waals surface area contributed by atoms with E-state index in [0.717, 1.165) is 61.8 Å². The van der Waals surface area contributed by atoms with Gasteiger partial charge in [0.2, 0.25) is 0 Å². The number of benzene rings is 10. The Bertz CT molecular complexity index is 3960. The van der Waals surface area contributed by atoms with Crippen LogP contribution in [0.4, 0.5) is 51.2 Å². The SMILES string of the molecule is c1ccc(N(c2cc3c4c(c2)N(c2ccccc2)c2c(ccc5sc6ccccc6c25)B4c2ccc4sc5ccccc5c4c2N3c2ccccc2)c2cccc3oc4ccccc4c23)cc1. The molecule has 312 valence electrons. The standard InChI is InChI=1S/C60H36BN3OS2/c1-4-17-37(18-5-1)62(46-26-16-28-50-55(46)41-23-10-13-27-49(41)65-50)40-35-47-58-48(36-40)64(39-21-8-3-9-22-39)60-45(32-34-54-57(60)43-25-12-15-30-52(43)67-54)61(58)44-31-33-53-56(42-24-11-14-29-51(42)66-53)59(44)63(47)38-19-6-2-7-20-38/h1-36H. The van der Waals surface area contributed by atoms with Crippen LogP contribution in [-0.2, 0) is 0 Å². The van der Waals surface area contributed by atoms with Gasteiger partial charge < -0.3 is 19.1 Å². The molecule has 2 aliphatic heterocycles. The molecule has 0 saturated heterocycles. The summed E-state index contributed by atoms with van der Waals surface area (Å²) >= 11 is 3.76. The molecular weight excluding hydrogens is 854 g/mol. The third kappa shape index (κ3) is 5.29. The van der Waals surface area contributed by atoms with Crippen LogP contribution in [0.25, 0.3) is 62.3 Å². The van der Waals surface area contributed by atoms with E-state index >= 15 is 0 Å². The van der Waals surface area contributed by atoms with Crippen molar-refractivity contribution in [2.45, 2.75) is 0 Å². The number of fused-ring (bicyclic) bond motifs is 15. The van der Waals surface area contributed by atoms with Crippen molar-refractivity contribution in [3.8, 4) is 0 Å². The first-order valence-electron chi connectivity index (χ1n) is 22.8. The van der Waals surface area contributed by atoms with Gasteiger partial charge in [-0.25, -0.2) is 0 Å². The highest BCUT2D eigenvalue weighted by atomic mass is 32.1. The highest BCUT2D eigenvalue weighted by Gasteiger charge is 2.46. The van der Waals surface area contributed by atoms with Gasteiger partial charge in [-0.05, 0) is 107 Å². The number of furan rings is 1. The summed E-state index contributed by atoms with van der Waals surface area (Å²) in [7, 11) is 0. The number of rotatable bonds is 5. The minimum absolute atomic E-state index is 0.0680. The van der Waals surface area contributed by atoms with E-state index in [9.17, 15) is 0 Å². The maximum Gasteiger partial charge on any atom is 0.252 e. The molecule has 2 aliphatic rings. The average Bonchev–Trinajstić information content (AvgIpc) is 4.09. The summed E-state index contributed by atoms with van der Waals surface area (Å²) in [5.74, 6) is 0. The smallest absolute Gasteiger partial charge is 0.252 e. The fourth-order valence-corrected chi connectivity index (χ4v) is 13.6. The largest absolute Gasteiger partial charge is 0.456 e. The first kappa shape index (κ1) is 37.2. The molecule has 0 saturated carbocycles. The minimum atomic E-state index is -0.0680. The summed E-state index contributed by atoms with van der Waals surface area (Å²) in [4.78, 5) is 7.62. The van der Waals surface area contributed by atoms with E-state index < -0.39 is 0 Å². The van der Waals surface area contributed by atoms with Crippen LogP contribution in [0, 0.1) is 0 Å². The topological polar surface area (TPSA) is 22.9 Å². The molecule has 3 aromatic heterocycles. The molecule has 0 N–H and O–H groups in total. The molecule has 10 aromatic carbocycles. The zero-order chi connectivity index (χ0) is 43.7. The third-order valence-electron chi connectivity index (χ3n) is 14.0. The van der Waals surface area contributed by atoms with Crippen molar-refractivity contribution in [1.82, 2.24) is 0 Å². The van der Waals surface area contributed by atoms with E-state index in [1.54, 1.807) is 0 Å². The van der Waals surface area contributed by atoms with Gasteiger partial charge in [0, 0.05) is 74.2 Å². The van der Waals surface area contributed by atoms with Crippen LogP contribution in [-0.4, -0.2) is 6.71 Å². The lowest BCUT2D eigenvalue weighted by molar-refractivity contribution is 0.669. The predicted octanol–water partition coefficient (Wildman–Crippen LogP) is 15.9. The van der Waals surface area contributed by atoms with Crippen LogP contribution in [0.1, 0.15) is 0 Å². The van der Waals surface area contributed by atoms with Gasteiger partial charge in [-0.3, -0.25) is 0 Å². The highest BCUT2D eigenvalue weighted by molar-refractivity contribution is 7.26. The van der Waals surface area contributed by atoms with E-state index in [4.69, 9.17) is 4.42 Å². The maximum absolute atomic E-state index is 6.60. The maximum atomic E-state index is 6.60. The molecule has 0 amide bonds. The number of anilines is 9. The van der Waals surface area contributed by atoms with Crippen LogP contribution in [0.15, 0.2) is 223 Å². The monoisotopic (exact) mass is 889 g/mol. The summed E-state index contributed by atoms with van der Waals surface area (Å²) < 4.78 is 11.7. The van der Waals surface area contributed by atoms with Crippen LogP contribution < -0.4 is 31.1 Å². The Hall–Kier alpha value is -8.10. The molecule has 0 atom stereocenters. The van der Waals surface area contributed by atoms with Crippen molar-refractivity contribution < 1.29 is 4.42 Å². The fourth-order valence-electron chi connectivity index (χ4n) is 11.3. The summed E-state index contributed by atoms with van der Waals surface area (Å²) in [6.07, 6.45) is 0. The second-order valence-electron chi connectivity index (χ2n) is 17.5. The number of para-hydroxylation sites is 4. The van der Waals surface area contributed by atoms with Crippen molar-refractivity contribution in [1.29, 1.82) is 0 Å². The van der Waals surface area contributed by atoms with Gasteiger partial charge in [0.05, 0.1) is 28.1 Å². The summed E-state index contributed by atoms with van der Waals surface area (Å²) in [5.41, 5.74) is 15.8. The van der Waals surface area contributed by atoms with Crippen LogP contribution >= 0.6 is 22.7 Å². The van der Waals surface area contributed by atoms with Crippen LogP contribution in [0.5, 0.6) is 0 Å². The molecule has 67 heavy (non-hydrogen) atoms. The van der Waals surface area contributed by atoms with Gasteiger partial charge in [0.25, 0.3) is 6.71 Å². The van der Waals surface area contributed by atoms with Gasteiger partial charge in [0.15, 0.2) is 0 Å². The fraction of sp³-hybridized carbons (Fsp3) is 0. The minimum Gasteiger partial charge on any atom is -0.456 e.